The molecule has 1 aliphatic carbocycles. The van der Waals surface area contributed by atoms with Crippen molar-refractivity contribution in [2.45, 2.75) is 37.8 Å². The van der Waals surface area contributed by atoms with E-state index in [9.17, 15) is 14.9 Å². The fourth-order valence-electron chi connectivity index (χ4n) is 2.84. The lowest BCUT2D eigenvalue weighted by Gasteiger charge is -2.26. The number of carbonyl (C=O) groups is 1. The van der Waals surface area contributed by atoms with Crippen molar-refractivity contribution in [3.05, 3.63) is 52.3 Å². The second-order valence-corrected chi connectivity index (χ2v) is 6.03. The van der Waals surface area contributed by atoms with Crippen molar-refractivity contribution in [2.75, 3.05) is 0 Å². The molecule has 1 saturated carbocycles. The van der Waals surface area contributed by atoms with Crippen molar-refractivity contribution in [3.8, 4) is 5.69 Å². The summed E-state index contributed by atoms with van der Waals surface area (Å²) >= 11 is 0. The van der Waals surface area contributed by atoms with Crippen LogP contribution in [0.4, 0.5) is 5.69 Å². The van der Waals surface area contributed by atoms with Crippen molar-refractivity contribution in [3.63, 3.8) is 0 Å². The molecular formula is C16H20ClN5O3. The van der Waals surface area contributed by atoms with Gasteiger partial charge in [0.2, 0.25) is 0 Å². The number of carbonyl (C=O) groups excluding carboxylic acids is 1. The largest absolute Gasteiger partial charge is 0.349 e. The zero-order chi connectivity index (χ0) is 17.1. The van der Waals surface area contributed by atoms with Gasteiger partial charge in [-0.2, -0.15) is 5.10 Å². The molecule has 9 heteroatoms. The van der Waals surface area contributed by atoms with Crippen LogP contribution in [0.3, 0.4) is 0 Å². The van der Waals surface area contributed by atoms with Gasteiger partial charge in [-0.15, -0.1) is 12.4 Å². The first kappa shape index (κ1) is 18.9. The molecule has 3 rings (SSSR count). The van der Waals surface area contributed by atoms with Crippen LogP contribution in [0, 0.1) is 10.1 Å². The van der Waals surface area contributed by atoms with Gasteiger partial charge in [0.1, 0.15) is 0 Å². The minimum absolute atomic E-state index is 0. The monoisotopic (exact) mass is 365 g/mol. The van der Waals surface area contributed by atoms with Gasteiger partial charge in [-0.25, -0.2) is 4.68 Å². The Morgan fingerprint density at radius 3 is 2.48 bits per heavy atom. The van der Waals surface area contributed by atoms with E-state index in [4.69, 9.17) is 5.73 Å². The average molecular weight is 366 g/mol. The molecule has 8 nitrogen and oxygen atoms in total. The van der Waals surface area contributed by atoms with Gasteiger partial charge in [-0.1, -0.05) is 0 Å². The van der Waals surface area contributed by atoms with Crippen LogP contribution in [0.2, 0.25) is 0 Å². The van der Waals surface area contributed by atoms with Gasteiger partial charge in [0, 0.05) is 30.4 Å². The fraction of sp³-hybridized carbons (Fsp3) is 0.375. The summed E-state index contributed by atoms with van der Waals surface area (Å²) in [4.78, 5) is 22.5. The number of hydrogen-bond donors (Lipinski definition) is 2. The summed E-state index contributed by atoms with van der Waals surface area (Å²) < 4.78 is 1.52. The number of rotatable bonds is 4. The first-order valence-electron chi connectivity index (χ1n) is 7.89. The van der Waals surface area contributed by atoms with Crippen LogP contribution in [-0.4, -0.2) is 32.7 Å². The van der Waals surface area contributed by atoms with Gasteiger partial charge in [0.25, 0.3) is 11.6 Å². The van der Waals surface area contributed by atoms with Gasteiger partial charge in [0.15, 0.2) is 0 Å². The van der Waals surface area contributed by atoms with Crippen molar-refractivity contribution in [2.24, 2.45) is 5.73 Å². The van der Waals surface area contributed by atoms with E-state index >= 15 is 0 Å². The van der Waals surface area contributed by atoms with E-state index in [0.717, 1.165) is 25.7 Å². The highest BCUT2D eigenvalue weighted by Gasteiger charge is 2.21. The maximum atomic E-state index is 12.3. The number of non-ortho nitro benzene ring substituents is 1. The third-order valence-electron chi connectivity index (χ3n) is 4.28. The van der Waals surface area contributed by atoms with E-state index in [-0.39, 0.29) is 36.1 Å². The Kier molecular flexibility index (Phi) is 6.11. The van der Waals surface area contributed by atoms with E-state index in [1.807, 2.05) is 0 Å². The molecule has 134 valence electrons. The minimum Gasteiger partial charge on any atom is -0.349 e. The van der Waals surface area contributed by atoms with Crippen molar-refractivity contribution < 1.29 is 9.72 Å². The summed E-state index contributed by atoms with van der Waals surface area (Å²) in [5, 5.41) is 17.8. The Balaban J connectivity index is 0.00000225. The molecule has 1 amide bonds. The lowest BCUT2D eigenvalue weighted by atomic mass is 9.92. The molecule has 0 saturated heterocycles. The van der Waals surface area contributed by atoms with Crippen LogP contribution in [0.1, 0.15) is 36.0 Å². The maximum Gasteiger partial charge on any atom is 0.269 e. The molecule has 3 N–H and O–H groups in total. The lowest BCUT2D eigenvalue weighted by molar-refractivity contribution is -0.384. The zero-order valence-corrected chi connectivity index (χ0v) is 14.3. The lowest BCUT2D eigenvalue weighted by Crippen LogP contribution is -2.40. The molecule has 0 bridgehead atoms. The SMILES string of the molecule is Cl.NC1CCC(NC(=O)c2cnn(-c3ccc([N+](=O)[O-])cc3)c2)CC1. The Morgan fingerprint density at radius 2 is 1.88 bits per heavy atom. The predicted molar refractivity (Wildman–Crippen MR) is 95.2 cm³/mol. The first-order chi connectivity index (χ1) is 11.5. The van der Waals surface area contributed by atoms with Crippen LogP contribution < -0.4 is 11.1 Å². The summed E-state index contributed by atoms with van der Waals surface area (Å²) in [6.45, 7) is 0. The topological polar surface area (TPSA) is 116 Å². The molecule has 25 heavy (non-hydrogen) atoms. The standard InChI is InChI=1S/C16H19N5O3.ClH/c17-12-1-3-13(4-2-12)19-16(22)11-9-18-20(10-11)14-5-7-15(8-6-14)21(23)24;/h5-10,12-13H,1-4,17H2,(H,19,22);1H. The zero-order valence-electron chi connectivity index (χ0n) is 13.5. The average Bonchev–Trinajstić information content (AvgIpc) is 3.07. The van der Waals surface area contributed by atoms with E-state index in [0.29, 0.717) is 11.3 Å². The molecule has 0 aliphatic heterocycles. The molecule has 0 unspecified atom stereocenters. The number of benzene rings is 1. The predicted octanol–water partition coefficient (Wildman–Crippen LogP) is 2.20. The second-order valence-electron chi connectivity index (χ2n) is 6.03. The maximum absolute atomic E-state index is 12.3. The number of aromatic nitrogens is 2. The minimum atomic E-state index is -0.457. The molecule has 1 aromatic heterocycles. The van der Waals surface area contributed by atoms with Crippen LogP contribution in [-0.2, 0) is 0 Å². The summed E-state index contributed by atoms with van der Waals surface area (Å²) in [7, 11) is 0. The number of nitrogens with one attached hydrogen (secondary N) is 1. The van der Waals surface area contributed by atoms with E-state index < -0.39 is 4.92 Å². The normalized spacial score (nSPS) is 19.7. The molecule has 0 radical (unpaired) electrons. The molecule has 1 aliphatic rings. The molecule has 1 aromatic carbocycles. The number of nitro groups is 1. The third kappa shape index (κ3) is 4.55. The molecule has 0 atom stereocenters. The summed E-state index contributed by atoms with van der Waals surface area (Å²) in [6, 6.07) is 6.39. The number of nitro benzene ring substituents is 1. The van der Waals surface area contributed by atoms with E-state index in [1.54, 1.807) is 18.3 Å². The van der Waals surface area contributed by atoms with Gasteiger partial charge >= 0.3 is 0 Å². The molecule has 1 fully saturated rings. The number of halogens is 1. The van der Waals surface area contributed by atoms with Crippen LogP contribution in [0.25, 0.3) is 5.69 Å². The number of nitrogens with two attached hydrogens (primary N) is 1. The van der Waals surface area contributed by atoms with Crippen LogP contribution in [0.5, 0.6) is 0 Å². The van der Waals surface area contributed by atoms with Gasteiger partial charge in [0.05, 0.1) is 22.4 Å². The van der Waals surface area contributed by atoms with Gasteiger partial charge in [-0.05, 0) is 37.8 Å². The highest BCUT2D eigenvalue weighted by molar-refractivity contribution is 5.94. The Morgan fingerprint density at radius 1 is 1.24 bits per heavy atom. The molecule has 1 heterocycles. The Hall–Kier alpha value is -2.45. The van der Waals surface area contributed by atoms with Crippen LogP contribution in [0.15, 0.2) is 36.7 Å². The number of hydrogen-bond acceptors (Lipinski definition) is 5. The Bertz CT molecular complexity index is 738. The fourth-order valence-corrected chi connectivity index (χ4v) is 2.84. The second kappa shape index (κ2) is 8.09. The molecule has 2 aromatic rings. The van der Waals surface area contributed by atoms with E-state index in [1.165, 1.54) is 23.0 Å². The van der Waals surface area contributed by atoms with Crippen molar-refractivity contribution in [1.29, 1.82) is 0 Å². The van der Waals surface area contributed by atoms with Crippen molar-refractivity contribution in [1.82, 2.24) is 15.1 Å². The van der Waals surface area contributed by atoms with Crippen molar-refractivity contribution >= 4 is 24.0 Å². The highest BCUT2D eigenvalue weighted by atomic mass is 35.5. The Labute approximate surface area is 151 Å². The summed E-state index contributed by atoms with van der Waals surface area (Å²) in [6.07, 6.45) is 6.74. The third-order valence-corrected chi connectivity index (χ3v) is 4.28. The van der Waals surface area contributed by atoms with Crippen LogP contribution >= 0.6 is 12.4 Å². The molecular weight excluding hydrogens is 346 g/mol. The number of nitrogens with zero attached hydrogens (tertiary/aromatic N) is 3. The first-order valence-corrected chi connectivity index (χ1v) is 7.89. The smallest absolute Gasteiger partial charge is 0.269 e. The summed E-state index contributed by atoms with van der Waals surface area (Å²) in [5.74, 6) is -0.163. The van der Waals surface area contributed by atoms with E-state index in [2.05, 4.69) is 10.4 Å². The highest BCUT2D eigenvalue weighted by Crippen LogP contribution is 2.18. The van der Waals surface area contributed by atoms with Gasteiger partial charge in [-0.3, -0.25) is 14.9 Å². The summed E-state index contributed by atoms with van der Waals surface area (Å²) in [5.41, 5.74) is 7.00. The molecule has 0 spiro atoms. The number of amides is 1. The quantitative estimate of drug-likeness (QED) is 0.636. The van der Waals surface area contributed by atoms with Gasteiger partial charge < -0.3 is 11.1 Å².